The third-order valence-electron chi connectivity index (χ3n) is 2.59. The van der Waals surface area contributed by atoms with E-state index in [2.05, 4.69) is 11.6 Å². The molecular weight excluding hydrogens is 242 g/mol. The van der Waals surface area contributed by atoms with Crippen LogP contribution in [0.2, 0.25) is 0 Å². The Balaban J connectivity index is 2.36. The topological polar surface area (TPSA) is 52.3 Å². The van der Waals surface area contributed by atoms with Crippen molar-refractivity contribution >= 4 is 5.97 Å². The van der Waals surface area contributed by atoms with Gasteiger partial charge in [-0.15, -0.1) is 0 Å². The fourth-order valence-electron chi connectivity index (χ4n) is 1.62. The molecule has 0 fully saturated rings. The number of benzene rings is 1. The van der Waals surface area contributed by atoms with Gasteiger partial charge >= 0.3 is 5.97 Å². The second-order valence-corrected chi connectivity index (χ2v) is 4.12. The van der Waals surface area contributed by atoms with Gasteiger partial charge in [0.25, 0.3) is 0 Å². The van der Waals surface area contributed by atoms with E-state index < -0.39 is 5.97 Å². The maximum atomic E-state index is 12.0. The number of oxazole rings is 1. The first kappa shape index (κ1) is 13.1. The quantitative estimate of drug-likeness (QED) is 0.622. The molecule has 0 aliphatic carbocycles. The molecular formula is C15H15NO3. The molecule has 0 bridgehead atoms. The number of nitrogens with zero attached hydrogens (tertiary/aromatic N) is 1. The van der Waals surface area contributed by atoms with Gasteiger partial charge < -0.3 is 9.15 Å². The average Bonchev–Trinajstić information content (AvgIpc) is 2.82. The van der Waals surface area contributed by atoms with Gasteiger partial charge in [-0.2, -0.15) is 0 Å². The second-order valence-electron chi connectivity index (χ2n) is 4.12. The van der Waals surface area contributed by atoms with Crippen LogP contribution in [0.3, 0.4) is 0 Å². The molecule has 0 spiro atoms. The molecule has 0 amide bonds. The Hall–Kier alpha value is -2.36. The third-order valence-corrected chi connectivity index (χ3v) is 2.59. The maximum Gasteiger partial charge on any atom is 0.361 e. The number of aryl methyl sites for hydroxylation is 1. The van der Waals surface area contributed by atoms with Gasteiger partial charge in [-0.1, -0.05) is 43.0 Å². The molecule has 98 valence electrons. The molecule has 2 aromatic rings. The van der Waals surface area contributed by atoms with Crippen LogP contribution >= 0.6 is 0 Å². The second kappa shape index (κ2) is 5.52. The smallest absolute Gasteiger partial charge is 0.361 e. The number of carbonyl (C=O) groups excluding carboxylic acids is 1. The van der Waals surface area contributed by atoms with Crippen molar-refractivity contribution in [1.82, 2.24) is 4.98 Å². The van der Waals surface area contributed by atoms with Crippen LogP contribution in [0.5, 0.6) is 0 Å². The van der Waals surface area contributed by atoms with E-state index in [1.54, 1.807) is 19.9 Å². The van der Waals surface area contributed by atoms with E-state index >= 15 is 0 Å². The molecule has 0 saturated carbocycles. The number of carbonyl (C=O) groups is 1. The largest absolute Gasteiger partial charge is 0.454 e. The van der Waals surface area contributed by atoms with E-state index in [1.807, 2.05) is 30.3 Å². The lowest BCUT2D eigenvalue weighted by Crippen LogP contribution is -2.13. The minimum Gasteiger partial charge on any atom is -0.454 e. The van der Waals surface area contributed by atoms with Crippen LogP contribution in [0.1, 0.15) is 23.3 Å². The molecule has 1 heterocycles. The molecule has 1 atom stereocenters. The van der Waals surface area contributed by atoms with Crippen molar-refractivity contribution in [2.24, 2.45) is 0 Å². The van der Waals surface area contributed by atoms with Gasteiger partial charge in [-0.3, -0.25) is 0 Å². The van der Waals surface area contributed by atoms with Crippen molar-refractivity contribution in [3.05, 3.63) is 54.6 Å². The van der Waals surface area contributed by atoms with E-state index in [0.717, 1.165) is 5.56 Å². The summed E-state index contributed by atoms with van der Waals surface area (Å²) < 4.78 is 10.7. The van der Waals surface area contributed by atoms with Crippen molar-refractivity contribution in [2.45, 2.75) is 20.0 Å². The van der Waals surface area contributed by atoms with Crippen LogP contribution < -0.4 is 0 Å². The van der Waals surface area contributed by atoms with E-state index in [4.69, 9.17) is 9.15 Å². The lowest BCUT2D eigenvalue weighted by Gasteiger charge is -2.07. The monoisotopic (exact) mass is 257 g/mol. The Morgan fingerprint density at radius 3 is 2.74 bits per heavy atom. The molecule has 0 aliphatic heterocycles. The molecule has 1 aromatic heterocycles. The minimum absolute atomic E-state index is 0.192. The highest BCUT2D eigenvalue weighted by atomic mass is 16.5. The molecule has 2 rings (SSSR count). The number of aromatic nitrogens is 1. The Kier molecular flexibility index (Phi) is 3.80. The van der Waals surface area contributed by atoms with Crippen molar-refractivity contribution in [2.75, 3.05) is 0 Å². The highest BCUT2D eigenvalue weighted by Crippen LogP contribution is 2.25. The number of rotatable bonds is 4. The lowest BCUT2D eigenvalue weighted by molar-refractivity contribution is 0.0419. The maximum absolute atomic E-state index is 12.0. The molecule has 0 saturated heterocycles. The zero-order valence-electron chi connectivity index (χ0n) is 10.9. The molecule has 4 nitrogen and oxygen atoms in total. The van der Waals surface area contributed by atoms with Crippen LogP contribution in [0.15, 0.2) is 47.4 Å². The summed E-state index contributed by atoms with van der Waals surface area (Å²) in [7, 11) is 0. The van der Waals surface area contributed by atoms with Crippen molar-refractivity contribution in [3.63, 3.8) is 0 Å². The van der Waals surface area contributed by atoms with Gasteiger partial charge in [0.15, 0.2) is 17.3 Å². The van der Waals surface area contributed by atoms with Crippen LogP contribution in [0, 0.1) is 6.92 Å². The molecule has 0 N–H and O–H groups in total. The van der Waals surface area contributed by atoms with Gasteiger partial charge in [0.2, 0.25) is 0 Å². The third kappa shape index (κ3) is 2.91. The lowest BCUT2D eigenvalue weighted by atomic mass is 10.1. The van der Waals surface area contributed by atoms with Crippen molar-refractivity contribution in [1.29, 1.82) is 0 Å². The summed E-state index contributed by atoms with van der Waals surface area (Å²) in [6.07, 6.45) is 1.18. The minimum atomic E-state index is -0.511. The van der Waals surface area contributed by atoms with Crippen molar-refractivity contribution in [3.8, 4) is 11.3 Å². The van der Waals surface area contributed by atoms with Crippen LogP contribution in [0.25, 0.3) is 11.3 Å². The molecule has 4 heteroatoms. The Bertz CT molecular complexity index is 587. The SMILES string of the molecule is C=C[C@H](C)OC(=O)c1nc(C)oc1-c1ccccc1. The fraction of sp³-hybridized carbons (Fsp3) is 0.200. The summed E-state index contributed by atoms with van der Waals surface area (Å²) in [4.78, 5) is 16.1. The van der Waals surface area contributed by atoms with Gasteiger partial charge in [-0.05, 0) is 6.92 Å². The van der Waals surface area contributed by atoms with Crippen LogP contribution in [-0.2, 0) is 4.74 Å². The van der Waals surface area contributed by atoms with Gasteiger partial charge in [0.1, 0.15) is 6.10 Å². The van der Waals surface area contributed by atoms with Crippen molar-refractivity contribution < 1.29 is 13.9 Å². The predicted molar refractivity (Wildman–Crippen MR) is 71.8 cm³/mol. The van der Waals surface area contributed by atoms with Crippen LogP contribution in [-0.4, -0.2) is 17.1 Å². The predicted octanol–water partition coefficient (Wildman–Crippen LogP) is 3.38. The zero-order valence-corrected chi connectivity index (χ0v) is 10.9. The summed E-state index contributed by atoms with van der Waals surface area (Å²) in [5.41, 5.74) is 0.985. The highest BCUT2D eigenvalue weighted by molar-refractivity contribution is 5.93. The van der Waals surface area contributed by atoms with Gasteiger partial charge in [-0.25, -0.2) is 9.78 Å². The van der Waals surface area contributed by atoms with Gasteiger partial charge in [0.05, 0.1) is 0 Å². The molecule has 0 unspecified atom stereocenters. The first-order valence-corrected chi connectivity index (χ1v) is 5.98. The van der Waals surface area contributed by atoms with E-state index in [0.29, 0.717) is 11.7 Å². The van der Waals surface area contributed by atoms with Gasteiger partial charge in [0, 0.05) is 12.5 Å². The number of esters is 1. The van der Waals surface area contributed by atoms with Crippen LogP contribution in [0.4, 0.5) is 0 Å². The Labute approximate surface area is 111 Å². The molecule has 0 aliphatic rings. The number of hydrogen-bond acceptors (Lipinski definition) is 4. The van der Waals surface area contributed by atoms with E-state index in [-0.39, 0.29) is 11.8 Å². The van der Waals surface area contributed by atoms with E-state index in [1.165, 1.54) is 0 Å². The molecule has 19 heavy (non-hydrogen) atoms. The highest BCUT2D eigenvalue weighted by Gasteiger charge is 2.22. The summed E-state index contributed by atoms with van der Waals surface area (Å²) in [6, 6.07) is 9.34. The standard InChI is InChI=1S/C15H15NO3/c1-4-10(2)18-15(17)13-14(19-11(3)16-13)12-8-6-5-7-9-12/h4-10H,1H2,2-3H3/t10-/m0/s1. The summed E-state index contributed by atoms with van der Waals surface area (Å²) in [5, 5.41) is 0. The first-order chi connectivity index (χ1) is 9.11. The summed E-state index contributed by atoms with van der Waals surface area (Å²) in [6.45, 7) is 7.00. The number of ether oxygens (including phenoxy) is 1. The summed E-state index contributed by atoms with van der Waals surface area (Å²) >= 11 is 0. The normalized spacial score (nSPS) is 11.9. The van der Waals surface area contributed by atoms with E-state index in [9.17, 15) is 4.79 Å². The Morgan fingerprint density at radius 1 is 1.42 bits per heavy atom. The molecule has 1 aromatic carbocycles. The Morgan fingerprint density at radius 2 is 2.11 bits per heavy atom. The average molecular weight is 257 g/mol. The molecule has 0 radical (unpaired) electrons. The fourth-order valence-corrected chi connectivity index (χ4v) is 1.62. The number of hydrogen-bond donors (Lipinski definition) is 0. The first-order valence-electron chi connectivity index (χ1n) is 5.98. The summed E-state index contributed by atoms with van der Waals surface area (Å²) in [5.74, 6) is 0.347. The zero-order chi connectivity index (χ0) is 13.8.